The number of carbonyl (C=O) groups is 2. The van der Waals surface area contributed by atoms with Crippen LogP contribution in [0.5, 0.6) is 5.75 Å². The summed E-state index contributed by atoms with van der Waals surface area (Å²) >= 11 is 0. The fourth-order valence-corrected chi connectivity index (χ4v) is 6.22. The van der Waals surface area contributed by atoms with Gasteiger partial charge in [0.15, 0.2) is 5.75 Å². The van der Waals surface area contributed by atoms with E-state index in [2.05, 4.69) is 51.5 Å². The Labute approximate surface area is 297 Å². The van der Waals surface area contributed by atoms with Crippen LogP contribution in [0.3, 0.4) is 0 Å². The van der Waals surface area contributed by atoms with E-state index < -0.39 is 35.7 Å². The maximum Gasteiger partial charge on any atom is 0.416 e. The van der Waals surface area contributed by atoms with Crippen LogP contribution in [0.1, 0.15) is 53.7 Å². The molecule has 0 fully saturated rings. The number of anilines is 3. The maximum absolute atomic E-state index is 13.9. The molecule has 51 heavy (non-hydrogen) atoms. The summed E-state index contributed by atoms with van der Waals surface area (Å²) in [5, 5.41) is 12.9. The van der Waals surface area contributed by atoms with Gasteiger partial charge in [0.25, 0.3) is 5.91 Å². The Morgan fingerprint density at radius 3 is 2.22 bits per heavy atom. The summed E-state index contributed by atoms with van der Waals surface area (Å²) in [4.78, 5) is 33.3. The van der Waals surface area contributed by atoms with Crippen LogP contribution in [0.4, 0.5) is 30.2 Å². The number of nitrogens with zero attached hydrogens (tertiary/aromatic N) is 3. The third kappa shape index (κ3) is 8.90. The predicted octanol–water partition coefficient (Wildman–Crippen LogP) is 7.57. The van der Waals surface area contributed by atoms with Gasteiger partial charge >= 0.3 is 6.18 Å². The number of amides is 2. The first-order chi connectivity index (χ1) is 24.3. The van der Waals surface area contributed by atoms with E-state index in [4.69, 9.17) is 4.74 Å². The number of aliphatic hydroxyl groups excluding tert-OH is 1. The largest absolute Gasteiger partial charge is 0.486 e. The normalized spacial score (nSPS) is 17.5. The average molecular weight is 703 g/mol. The zero-order valence-corrected chi connectivity index (χ0v) is 29.5. The number of aliphatic hydroxyl groups is 1. The average Bonchev–Trinajstić information content (AvgIpc) is 3.12. The van der Waals surface area contributed by atoms with Crippen LogP contribution in [0.15, 0.2) is 97.1 Å². The molecule has 8 nitrogen and oxygen atoms in total. The van der Waals surface area contributed by atoms with Crippen LogP contribution in [0.2, 0.25) is 0 Å². The van der Waals surface area contributed by atoms with Crippen LogP contribution in [-0.2, 0) is 17.5 Å². The van der Waals surface area contributed by atoms with E-state index in [1.54, 1.807) is 36.9 Å². The number of nitrogens with one attached hydrogen (secondary N) is 1. The van der Waals surface area contributed by atoms with E-state index in [1.807, 2.05) is 39.2 Å². The molecule has 270 valence electrons. The van der Waals surface area contributed by atoms with Gasteiger partial charge in [-0.1, -0.05) is 55.5 Å². The smallest absolute Gasteiger partial charge is 0.416 e. The van der Waals surface area contributed by atoms with Gasteiger partial charge < -0.3 is 25.0 Å². The molecule has 0 aromatic heterocycles. The Morgan fingerprint density at radius 1 is 0.941 bits per heavy atom. The number of ether oxygens (including phenoxy) is 1. The highest BCUT2D eigenvalue weighted by Gasteiger charge is 2.35. The number of rotatable bonds is 11. The second-order valence-corrected chi connectivity index (χ2v) is 13.4. The first-order valence-corrected chi connectivity index (χ1v) is 17.0. The lowest BCUT2D eigenvalue weighted by Gasteiger charge is -2.38. The Bertz CT molecular complexity index is 1780. The molecule has 4 aromatic rings. The third-order valence-electron chi connectivity index (χ3n) is 9.49. The number of fused-ring (bicyclic) bond motifs is 1. The third-order valence-corrected chi connectivity index (χ3v) is 9.49. The van der Waals surface area contributed by atoms with Gasteiger partial charge in [0.05, 0.1) is 35.4 Å². The molecule has 0 aliphatic carbocycles. The molecule has 4 aromatic carbocycles. The number of likely N-dealkylation sites (N-methyl/N-ethyl adjacent to an activating group) is 1. The van der Waals surface area contributed by atoms with E-state index in [0.29, 0.717) is 25.2 Å². The molecule has 0 bridgehead atoms. The summed E-state index contributed by atoms with van der Waals surface area (Å²) in [5.41, 5.74) is 3.39. The van der Waals surface area contributed by atoms with E-state index in [0.717, 1.165) is 29.1 Å². The summed E-state index contributed by atoms with van der Waals surface area (Å²) in [6.07, 6.45) is -4.90. The van der Waals surface area contributed by atoms with Crippen molar-refractivity contribution in [2.75, 3.05) is 44.0 Å². The molecule has 2 amide bonds. The monoisotopic (exact) mass is 702 g/mol. The molecule has 0 radical (unpaired) electrons. The molecule has 1 aliphatic rings. The van der Waals surface area contributed by atoms with Crippen molar-refractivity contribution in [2.24, 2.45) is 5.92 Å². The SMILES string of the molecule is CC(C(=O)Nc1cccc2c1O[C@H](CN(C)Cc1ccc(N(C)c3ccccc3)cc1)[C@H](C)CN([C@@H](C)CO)C2=O)c1ccc(C(F)(F)F)cc1. The number of halogens is 3. The minimum atomic E-state index is -4.48. The van der Waals surface area contributed by atoms with Gasteiger partial charge in [-0.05, 0) is 80.6 Å². The fourth-order valence-electron chi connectivity index (χ4n) is 6.22. The lowest BCUT2D eigenvalue weighted by molar-refractivity contribution is -0.137. The van der Waals surface area contributed by atoms with Crippen molar-refractivity contribution in [1.29, 1.82) is 0 Å². The molecule has 2 N–H and O–H groups in total. The number of para-hydroxylation sites is 2. The second-order valence-electron chi connectivity index (χ2n) is 13.4. The molecule has 1 aliphatic heterocycles. The summed E-state index contributed by atoms with van der Waals surface area (Å²) in [6, 6.07) is 27.4. The van der Waals surface area contributed by atoms with Crippen LogP contribution in [0.25, 0.3) is 0 Å². The standard InChI is InChI=1S/C40H45F3N4O4/c1-26-22-47(27(2)25-48)39(50)34-12-9-13-35(44-38(49)28(3)30-16-18-31(19-17-30)40(41,42)43)37(34)51-36(26)24-45(4)23-29-14-20-33(21-15-29)46(5)32-10-7-6-8-11-32/h6-21,26-28,36,48H,22-25H2,1-5H3,(H,44,49)/t26-,27+,28?,36-/m1/s1. The Morgan fingerprint density at radius 2 is 1.59 bits per heavy atom. The van der Waals surface area contributed by atoms with Gasteiger partial charge in [0, 0.05) is 44.0 Å². The molecular formula is C40H45F3N4O4. The van der Waals surface area contributed by atoms with Crippen LogP contribution < -0.4 is 15.0 Å². The molecule has 4 atom stereocenters. The minimum absolute atomic E-state index is 0.157. The highest BCUT2D eigenvalue weighted by Crippen LogP contribution is 2.36. The Balaban J connectivity index is 1.37. The van der Waals surface area contributed by atoms with Crippen molar-refractivity contribution in [3.8, 4) is 5.75 Å². The summed E-state index contributed by atoms with van der Waals surface area (Å²) in [7, 11) is 4.03. The molecule has 0 spiro atoms. The molecule has 5 rings (SSSR count). The van der Waals surface area contributed by atoms with Gasteiger partial charge in [0.2, 0.25) is 5.91 Å². The van der Waals surface area contributed by atoms with Crippen molar-refractivity contribution < 1.29 is 32.6 Å². The summed E-state index contributed by atoms with van der Waals surface area (Å²) < 4.78 is 46.0. The van der Waals surface area contributed by atoms with E-state index >= 15 is 0 Å². The lowest BCUT2D eigenvalue weighted by atomic mass is 9.97. The van der Waals surface area contributed by atoms with Crippen LogP contribution in [-0.4, -0.2) is 72.7 Å². The van der Waals surface area contributed by atoms with Crippen molar-refractivity contribution in [3.63, 3.8) is 0 Å². The fraction of sp³-hybridized carbons (Fsp3) is 0.350. The predicted molar refractivity (Wildman–Crippen MR) is 193 cm³/mol. The second kappa shape index (κ2) is 16.0. The van der Waals surface area contributed by atoms with E-state index in [-0.39, 0.29) is 35.4 Å². The van der Waals surface area contributed by atoms with Crippen LogP contribution in [0, 0.1) is 5.92 Å². The van der Waals surface area contributed by atoms with E-state index in [1.165, 1.54) is 12.1 Å². The first kappa shape index (κ1) is 37.4. The highest BCUT2D eigenvalue weighted by molar-refractivity contribution is 6.02. The molecule has 11 heteroatoms. The quantitative estimate of drug-likeness (QED) is 0.168. The highest BCUT2D eigenvalue weighted by atomic mass is 19.4. The summed E-state index contributed by atoms with van der Waals surface area (Å²) in [6.45, 7) is 6.63. The van der Waals surface area contributed by atoms with Gasteiger partial charge in [-0.25, -0.2) is 0 Å². The zero-order valence-electron chi connectivity index (χ0n) is 29.5. The van der Waals surface area contributed by atoms with Gasteiger partial charge in [-0.2, -0.15) is 13.2 Å². The van der Waals surface area contributed by atoms with Crippen molar-refractivity contribution in [2.45, 2.75) is 51.6 Å². The lowest BCUT2D eigenvalue weighted by Crippen LogP contribution is -2.49. The topological polar surface area (TPSA) is 85.3 Å². The molecule has 1 heterocycles. The maximum atomic E-state index is 13.9. The van der Waals surface area contributed by atoms with Crippen molar-refractivity contribution in [3.05, 3.63) is 119 Å². The number of carbonyl (C=O) groups excluding carboxylic acids is 2. The number of hydrogen-bond donors (Lipinski definition) is 2. The molecule has 0 saturated heterocycles. The number of alkyl halides is 3. The zero-order chi connectivity index (χ0) is 36.9. The first-order valence-electron chi connectivity index (χ1n) is 17.0. The van der Waals surface area contributed by atoms with Crippen molar-refractivity contribution >= 4 is 28.9 Å². The Hall–Kier alpha value is -4.87. The molecule has 0 saturated carbocycles. The van der Waals surface area contributed by atoms with Crippen LogP contribution >= 0.6 is 0 Å². The molecular weight excluding hydrogens is 657 g/mol. The minimum Gasteiger partial charge on any atom is -0.486 e. The molecule has 1 unspecified atom stereocenters. The number of hydrogen-bond acceptors (Lipinski definition) is 6. The van der Waals surface area contributed by atoms with Gasteiger partial charge in [-0.15, -0.1) is 0 Å². The Kier molecular flexibility index (Phi) is 11.7. The van der Waals surface area contributed by atoms with Gasteiger partial charge in [-0.3, -0.25) is 14.5 Å². The van der Waals surface area contributed by atoms with Crippen molar-refractivity contribution in [1.82, 2.24) is 9.80 Å². The number of benzene rings is 4. The van der Waals surface area contributed by atoms with E-state index in [9.17, 15) is 27.9 Å². The summed E-state index contributed by atoms with van der Waals surface area (Å²) in [5.74, 6) is -1.54. The van der Waals surface area contributed by atoms with Gasteiger partial charge in [0.1, 0.15) is 6.10 Å².